The lowest BCUT2D eigenvalue weighted by molar-refractivity contribution is -0.137. The number of carbonyl (C=O) groups excluding carboxylic acids is 1. The quantitative estimate of drug-likeness (QED) is 0.493. The van der Waals surface area contributed by atoms with E-state index < -0.39 is 5.97 Å². The number of aliphatic carboxylic acids is 1. The number of carboxylic acids is 1. The van der Waals surface area contributed by atoms with Crippen LogP contribution in [0.3, 0.4) is 0 Å². The van der Waals surface area contributed by atoms with Crippen LogP contribution in [0.1, 0.15) is 57.9 Å². The summed E-state index contributed by atoms with van der Waals surface area (Å²) in [6, 6.07) is 7.16. The second-order valence-electron chi connectivity index (χ2n) is 5.91. The molecule has 0 saturated heterocycles. The largest absolute Gasteiger partial charge is 0.484 e. The van der Waals surface area contributed by atoms with Gasteiger partial charge in [-0.25, -0.2) is 0 Å². The fourth-order valence-electron chi connectivity index (χ4n) is 2.16. The molecule has 0 unspecified atom stereocenters. The zero-order chi connectivity index (χ0) is 19.6. The van der Waals surface area contributed by atoms with Gasteiger partial charge in [0.05, 0.1) is 0 Å². The molecule has 0 atom stereocenters. The molecule has 1 amide bonds. The number of aryl methyl sites for hydroxylation is 1. The van der Waals surface area contributed by atoms with E-state index in [9.17, 15) is 9.59 Å². The number of nitrogens with one attached hydrogen (secondary N) is 1. The first-order valence-corrected chi connectivity index (χ1v) is 9.34. The molecule has 0 radical (unpaired) electrons. The first-order chi connectivity index (χ1) is 12.5. The maximum atomic E-state index is 11.6. The molecule has 0 aliphatic carbocycles. The Hall–Kier alpha value is -2.08. The molecule has 26 heavy (non-hydrogen) atoms. The van der Waals surface area contributed by atoms with Crippen molar-refractivity contribution in [3.63, 3.8) is 0 Å². The summed E-state index contributed by atoms with van der Waals surface area (Å²) in [5, 5.41) is 19.1. The van der Waals surface area contributed by atoms with Crippen LogP contribution in [-0.2, 0) is 16.0 Å². The third-order valence-electron chi connectivity index (χ3n) is 3.52. The normalized spacial score (nSPS) is 9.81. The van der Waals surface area contributed by atoms with Crippen molar-refractivity contribution in [2.45, 2.75) is 58.8 Å². The highest BCUT2D eigenvalue weighted by molar-refractivity contribution is 5.77. The number of amides is 1. The lowest BCUT2D eigenvalue weighted by Crippen LogP contribution is -2.29. The Morgan fingerprint density at radius 1 is 1.04 bits per heavy atom. The minimum absolute atomic E-state index is 0.00341. The van der Waals surface area contributed by atoms with E-state index in [1.165, 1.54) is 19.3 Å². The molecule has 0 fully saturated rings. The lowest BCUT2D eigenvalue weighted by Gasteiger charge is -2.08. The summed E-state index contributed by atoms with van der Waals surface area (Å²) in [5.74, 6) is -0.311. The molecule has 0 heterocycles. The maximum absolute atomic E-state index is 11.6. The van der Waals surface area contributed by atoms with Crippen LogP contribution >= 0.6 is 0 Å². The van der Waals surface area contributed by atoms with E-state index in [1.807, 2.05) is 12.1 Å². The first kappa shape index (κ1) is 23.9. The van der Waals surface area contributed by atoms with E-state index in [0.717, 1.165) is 18.4 Å². The fraction of sp³-hybridized carbons (Fsp3) is 0.600. The van der Waals surface area contributed by atoms with Gasteiger partial charge in [-0.2, -0.15) is 0 Å². The van der Waals surface area contributed by atoms with Gasteiger partial charge >= 0.3 is 5.97 Å². The van der Waals surface area contributed by atoms with Gasteiger partial charge in [0.25, 0.3) is 5.91 Å². The standard InChI is InChI=1S/C18H27NO4.C2H6O/c1-2-3-4-5-6-13-19-17(20)14-23-16-10-7-15(8-11-16)9-12-18(21)22;1-2-3/h7-8,10-11H,2-6,9,12-14H2,1H3,(H,19,20)(H,21,22);3H,2H2,1H3. The highest BCUT2D eigenvalue weighted by Crippen LogP contribution is 2.13. The molecule has 0 bridgehead atoms. The fourth-order valence-corrected chi connectivity index (χ4v) is 2.16. The molecule has 1 aromatic rings. The summed E-state index contributed by atoms with van der Waals surface area (Å²) in [4.78, 5) is 22.2. The van der Waals surface area contributed by atoms with Crippen molar-refractivity contribution in [3.05, 3.63) is 29.8 Å². The third kappa shape index (κ3) is 14.3. The van der Waals surface area contributed by atoms with E-state index in [-0.39, 0.29) is 25.5 Å². The summed E-state index contributed by atoms with van der Waals surface area (Å²) in [6.07, 6.45) is 6.44. The summed E-state index contributed by atoms with van der Waals surface area (Å²) >= 11 is 0. The lowest BCUT2D eigenvalue weighted by atomic mass is 10.1. The molecule has 6 nitrogen and oxygen atoms in total. The van der Waals surface area contributed by atoms with E-state index >= 15 is 0 Å². The minimum Gasteiger partial charge on any atom is -0.484 e. The predicted octanol–water partition coefficient (Wildman–Crippen LogP) is 3.17. The zero-order valence-electron chi connectivity index (χ0n) is 16.0. The molecular weight excluding hydrogens is 334 g/mol. The van der Waals surface area contributed by atoms with Crippen LogP contribution < -0.4 is 10.1 Å². The molecule has 0 aromatic heterocycles. The van der Waals surface area contributed by atoms with Crippen molar-refractivity contribution in [3.8, 4) is 5.75 Å². The maximum Gasteiger partial charge on any atom is 0.303 e. The molecule has 0 aliphatic rings. The number of ether oxygens (including phenoxy) is 1. The Balaban J connectivity index is 0.00000194. The van der Waals surface area contributed by atoms with Gasteiger partial charge in [0.15, 0.2) is 6.61 Å². The van der Waals surface area contributed by atoms with Crippen molar-refractivity contribution in [2.75, 3.05) is 19.8 Å². The van der Waals surface area contributed by atoms with Gasteiger partial charge in [-0.1, -0.05) is 44.7 Å². The molecule has 6 heteroatoms. The Kier molecular flexibility index (Phi) is 15.1. The predicted molar refractivity (Wildman–Crippen MR) is 102 cm³/mol. The van der Waals surface area contributed by atoms with Crippen LogP contribution in [0.15, 0.2) is 24.3 Å². The molecule has 1 aromatic carbocycles. The Bertz CT molecular complexity index is 487. The molecule has 0 aliphatic heterocycles. The van der Waals surface area contributed by atoms with Crippen molar-refractivity contribution in [1.29, 1.82) is 0 Å². The van der Waals surface area contributed by atoms with Gasteiger partial charge in [-0.15, -0.1) is 0 Å². The van der Waals surface area contributed by atoms with Crippen molar-refractivity contribution < 1.29 is 24.5 Å². The third-order valence-corrected chi connectivity index (χ3v) is 3.52. The van der Waals surface area contributed by atoms with Crippen LogP contribution in [0, 0.1) is 0 Å². The average Bonchev–Trinajstić information content (AvgIpc) is 2.62. The van der Waals surface area contributed by atoms with Gasteiger partial charge in [0, 0.05) is 19.6 Å². The number of rotatable bonds is 12. The Morgan fingerprint density at radius 2 is 1.65 bits per heavy atom. The summed E-state index contributed by atoms with van der Waals surface area (Å²) < 4.78 is 5.42. The second-order valence-corrected chi connectivity index (χ2v) is 5.91. The van der Waals surface area contributed by atoms with Gasteiger partial charge in [0.1, 0.15) is 5.75 Å². The van der Waals surface area contributed by atoms with Crippen molar-refractivity contribution in [2.24, 2.45) is 0 Å². The Labute approximate surface area is 156 Å². The van der Waals surface area contributed by atoms with Gasteiger partial charge < -0.3 is 20.3 Å². The number of unbranched alkanes of at least 4 members (excludes halogenated alkanes) is 4. The molecule has 0 spiro atoms. The van der Waals surface area contributed by atoms with Crippen molar-refractivity contribution in [1.82, 2.24) is 5.32 Å². The van der Waals surface area contributed by atoms with Crippen LogP contribution in [0.25, 0.3) is 0 Å². The number of aliphatic hydroxyl groups excluding tert-OH is 1. The first-order valence-electron chi connectivity index (χ1n) is 9.34. The monoisotopic (exact) mass is 367 g/mol. The zero-order valence-corrected chi connectivity index (χ0v) is 16.0. The van der Waals surface area contributed by atoms with Gasteiger partial charge in [-0.05, 0) is 37.5 Å². The minimum atomic E-state index is -0.809. The summed E-state index contributed by atoms with van der Waals surface area (Å²) in [5.41, 5.74) is 0.941. The SMILES string of the molecule is CCCCCCCNC(=O)COc1ccc(CCC(=O)O)cc1.CCO. The van der Waals surface area contributed by atoms with E-state index in [4.69, 9.17) is 14.9 Å². The molecule has 0 saturated carbocycles. The van der Waals surface area contributed by atoms with Crippen LogP contribution in [0.4, 0.5) is 0 Å². The van der Waals surface area contributed by atoms with Crippen LogP contribution in [0.5, 0.6) is 5.75 Å². The topological polar surface area (TPSA) is 95.9 Å². The number of benzene rings is 1. The van der Waals surface area contributed by atoms with Crippen LogP contribution in [0.2, 0.25) is 0 Å². The molecule has 148 valence electrons. The number of hydrogen-bond acceptors (Lipinski definition) is 4. The second kappa shape index (κ2) is 16.4. The number of aliphatic hydroxyl groups is 1. The Morgan fingerprint density at radius 3 is 2.23 bits per heavy atom. The smallest absolute Gasteiger partial charge is 0.303 e. The molecular formula is C20H33NO5. The van der Waals surface area contributed by atoms with Crippen LogP contribution in [-0.4, -0.2) is 41.8 Å². The van der Waals surface area contributed by atoms with Gasteiger partial charge in [0.2, 0.25) is 0 Å². The van der Waals surface area contributed by atoms with Gasteiger partial charge in [-0.3, -0.25) is 9.59 Å². The molecule has 1 rings (SSSR count). The van der Waals surface area contributed by atoms with E-state index in [2.05, 4.69) is 12.2 Å². The summed E-state index contributed by atoms with van der Waals surface area (Å²) in [6.45, 7) is 4.81. The van der Waals surface area contributed by atoms with Crippen molar-refractivity contribution >= 4 is 11.9 Å². The number of hydrogen-bond donors (Lipinski definition) is 3. The number of carboxylic acid groups (broad SMARTS) is 1. The average molecular weight is 367 g/mol. The summed E-state index contributed by atoms with van der Waals surface area (Å²) in [7, 11) is 0. The molecule has 3 N–H and O–H groups in total. The highest BCUT2D eigenvalue weighted by Gasteiger charge is 2.03. The number of carbonyl (C=O) groups is 2. The van der Waals surface area contributed by atoms with E-state index in [1.54, 1.807) is 19.1 Å². The van der Waals surface area contributed by atoms with E-state index in [0.29, 0.717) is 18.7 Å². The highest BCUT2D eigenvalue weighted by atomic mass is 16.5.